The maximum absolute atomic E-state index is 12.2. The van der Waals surface area contributed by atoms with Crippen LogP contribution in [0.3, 0.4) is 0 Å². The van der Waals surface area contributed by atoms with Crippen LogP contribution >= 0.6 is 0 Å². The van der Waals surface area contributed by atoms with Crippen molar-refractivity contribution in [3.8, 4) is 0 Å². The third-order valence-electron chi connectivity index (χ3n) is 3.09. The Bertz CT molecular complexity index is 371. The highest BCUT2D eigenvalue weighted by molar-refractivity contribution is 5.93. The number of aliphatic hydroxyl groups excluding tert-OH is 1. The minimum absolute atomic E-state index is 0.0529. The molecule has 0 atom stereocenters. The van der Waals surface area contributed by atoms with Gasteiger partial charge >= 0.3 is 0 Å². The fraction of sp³-hybridized carbons (Fsp3) is 0.533. The average Bonchev–Trinajstić information content (AvgIpc) is 2.39. The van der Waals surface area contributed by atoms with Crippen molar-refractivity contribution in [2.24, 2.45) is 5.92 Å². The van der Waals surface area contributed by atoms with Crippen LogP contribution < -0.4 is 5.32 Å². The maximum atomic E-state index is 12.2. The summed E-state index contributed by atoms with van der Waals surface area (Å²) in [6.07, 6.45) is 3.86. The summed E-state index contributed by atoms with van der Waals surface area (Å²) in [4.78, 5) is 12.2. The highest BCUT2D eigenvalue weighted by Gasteiger charge is 2.17. The van der Waals surface area contributed by atoms with Crippen LogP contribution in [-0.4, -0.2) is 11.0 Å². The number of hydrogen-bond donors (Lipinski definition) is 2. The largest absolute Gasteiger partial charge is 0.392 e. The van der Waals surface area contributed by atoms with E-state index in [2.05, 4.69) is 19.2 Å². The van der Waals surface area contributed by atoms with E-state index in [1.54, 1.807) is 0 Å². The van der Waals surface area contributed by atoms with Crippen LogP contribution in [0.15, 0.2) is 24.3 Å². The lowest BCUT2D eigenvalue weighted by atomic mass is 9.97. The lowest BCUT2D eigenvalue weighted by Gasteiger charge is -2.16. The first kappa shape index (κ1) is 14.7. The van der Waals surface area contributed by atoms with Gasteiger partial charge in [-0.25, -0.2) is 0 Å². The first-order valence-electron chi connectivity index (χ1n) is 6.72. The molecule has 1 aromatic carbocycles. The standard InChI is InChI=1S/C15H23NO2/c1-3-7-12(8-4-2)15(18)16-14-10-6-5-9-13(14)11-17/h5-6,9-10,12,17H,3-4,7-8,11H2,1-2H3,(H,16,18). The summed E-state index contributed by atoms with van der Waals surface area (Å²) in [6.45, 7) is 4.14. The molecule has 1 rings (SSSR count). The Morgan fingerprint density at radius 1 is 1.22 bits per heavy atom. The fourth-order valence-corrected chi connectivity index (χ4v) is 2.12. The Morgan fingerprint density at radius 2 is 1.83 bits per heavy atom. The molecule has 0 aliphatic carbocycles. The van der Waals surface area contributed by atoms with Crippen molar-refractivity contribution in [3.05, 3.63) is 29.8 Å². The molecule has 3 heteroatoms. The number of benzene rings is 1. The Hall–Kier alpha value is -1.35. The quantitative estimate of drug-likeness (QED) is 0.778. The zero-order valence-electron chi connectivity index (χ0n) is 11.3. The van der Waals surface area contributed by atoms with Crippen molar-refractivity contribution < 1.29 is 9.90 Å². The smallest absolute Gasteiger partial charge is 0.227 e. The summed E-state index contributed by atoms with van der Waals surface area (Å²) in [5, 5.41) is 12.2. The number of amides is 1. The zero-order valence-corrected chi connectivity index (χ0v) is 11.3. The average molecular weight is 249 g/mol. The summed E-state index contributed by atoms with van der Waals surface area (Å²) in [5.74, 6) is 0.145. The van der Waals surface area contributed by atoms with E-state index in [4.69, 9.17) is 0 Å². The van der Waals surface area contributed by atoms with Crippen molar-refractivity contribution in [2.45, 2.75) is 46.1 Å². The summed E-state index contributed by atoms with van der Waals surface area (Å²) < 4.78 is 0. The van der Waals surface area contributed by atoms with Crippen molar-refractivity contribution in [1.82, 2.24) is 0 Å². The molecule has 2 N–H and O–H groups in total. The third kappa shape index (κ3) is 4.15. The summed E-state index contributed by atoms with van der Waals surface area (Å²) in [5.41, 5.74) is 1.49. The van der Waals surface area contributed by atoms with E-state index in [1.807, 2.05) is 24.3 Å². The third-order valence-corrected chi connectivity index (χ3v) is 3.09. The number of rotatable bonds is 7. The van der Waals surface area contributed by atoms with Crippen LogP contribution in [0.1, 0.15) is 45.1 Å². The number of aliphatic hydroxyl groups is 1. The first-order valence-corrected chi connectivity index (χ1v) is 6.72. The molecule has 0 aromatic heterocycles. The molecule has 0 unspecified atom stereocenters. The topological polar surface area (TPSA) is 49.3 Å². The number of para-hydroxylation sites is 1. The monoisotopic (exact) mass is 249 g/mol. The molecule has 0 bridgehead atoms. The summed E-state index contributed by atoms with van der Waals surface area (Å²) in [6, 6.07) is 7.38. The van der Waals surface area contributed by atoms with Gasteiger partial charge in [0.2, 0.25) is 5.91 Å². The zero-order chi connectivity index (χ0) is 13.4. The van der Waals surface area contributed by atoms with Crippen LogP contribution in [0, 0.1) is 5.92 Å². The van der Waals surface area contributed by atoms with Gasteiger partial charge in [-0.3, -0.25) is 4.79 Å². The molecule has 0 radical (unpaired) electrons. The molecule has 0 fully saturated rings. The van der Waals surface area contributed by atoms with Gasteiger partial charge in [-0.2, -0.15) is 0 Å². The van der Waals surface area contributed by atoms with Crippen molar-refractivity contribution >= 4 is 11.6 Å². The highest BCUT2D eigenvalue weighted by Crippen LogP contribution is 2.19. The SMILES string of the molecule is CCCC(CCC)C(=O)Nc1ccccc1CO. The van der Waals surface area contributed by atoms with Gasteiger partial charge in [0.25, 0.3) is 0 Å². The number of anilines is 1. The molecule has 3 nitrogen and oxygen atoms in total. The van der Waals surface area contributed by atoms with Gasteiger partial charge in [0.1, 0.15) is 0 Å². The molecule has 100 valence electrons. The van der Waals surface area contributed by atoms with Gasteiger partial charge in [-0.05, 0) is 18.9 Å². The molecular weight excluding hydrogens is 226 g/mol. The molecule has 0 heterocycles. The maximum Gasteiger partial charge on any atom is 0.227 e. The fourth-order valence-electron chi connectivity index (χ4n) is 2.12. The van der Waals surface area contributed by atoms with E-state index in [1.165, 1.54) is 0 Å². The van der Waals surface area contributed by atoms with Crippen LogP contribution in [0.5, 0.6) is 0 Å². The molecule has 18 heavy (non-hydrogen) atoms. The molecule has 0 aliphatic heterocycles. The van der Waals surface area contributed by atoms with Crippen LogP contribution in [0.4, 0.5) is 5.69 Å². The highest BCUT2D eigenvalue weighted by atomic mass is 16.3. The van der Waals surface area contributed by atoms with Crippen LogP contribution in [-0.2, 0) is 11.4 Å². The second kappa shape index (κ2) is 7.88. The molecular formula is C15H23NO2. The van der Waals surface area contributed by atoms with Crippen LogP contribution in [0.25, 0.3) is 0 Å². The van der Waals surface area contributed by atoms with E-state index in [-0.39, 0.29) is 18.4 Å². The van der Waals surface area contributed by atoms with Crippen LogP contribution in [0.2, 0.25) is 0 Å². The lowest BCUT2D eigenvalue weighted by Crippen LogP contribution is -2.23. The normalized spacial score (nSPS) is 10.7. The predicted molar refractivity (Wildman–Crippen MR) is 74.3 cm³/mol. The molecule has 1 aromatic rings. The summed E-state index contributed by atoms with van der Waals surface area (Å²) >= 11 is 0. The van der Waals surface area contributed by atoms with Gasteiger partial charge in [-0.15, -0.1) is 0 Å². The van der Waals surface area contributed by atoms with Crippen molar-refractivity contribution in [1.29, 1.82) is 0 Å². The Kier molecular flexibility index (Phi) is 6.44. The second-order valence-corrected chi connectivity index (χ2v) is 4.58. The number of carbonyl (C=O) groups is 1. The molecule has 0 saturated heterocycles. The van der Waals surface area contributed by atoms with E-state index >= 15 is 0 Å². The van der Waals surface area contributed by atoms with E-state index in [0.29, 0.717) is 0 Å². The molecule has 0 saturated carbocycles. The van der Waals surface area contributed by atoms with E-state index in [9.17, 15) is 9.90 Å². The second-order valence-electron chi connectivity index (χ2n) is 4.58. The van der Waals surface area contributed by atoms with E-state index < -0.39 is 0 Å². The van der Waals surface area contributed by atoms with Gasteiger partial charge in [0.05, 0.1) is 6.61 Å². The van der Waals surface area contributed by atoms with Crippen molar-refractivity contribution in [3.63, 3.8) is 0 Å². The molecule has 1 amide bonds. The van der Waals surface area contributed by atoms with Gasteiger partial charge in [-0.1, -0.05) is 44.9 Å². The Labute approximate surface area is 109 Å². The number of nitrogens with one attached hydrogen (secondary N) is 1. The minimum atomic E-state index is -0.0529. The lowest BCUT2D eigenvalue weighted by molar-refractivity contribution is -0.120. The molecule has 0 aliphatic rings. The van der Waals surface area contributed by atoms with Crippen molar-refractivity contribution in [2.75, 3.05) is 5.32 Å². The van der Waals surface area contributed by atoms with Gasteiger partial charge in [0.15, 0.2) is 0 Å². The number of carbonyl (C=O) groups excluding carboxylic acids is 1. The van der Waals surface area contributed by atoms with Gasteiger partial charge in [0, 0.05) is 17.2 Å². The summed E-state index contributed by atoms with van der Waals surface area (Å²) in [7, 11) is 0. The van der Waals surface area contributed by atoms with Gasteiger partial charge < -0.3 is 10.4 Å². The van der Waals surface area contributed by atoms with E-state index in [0.717, 1.165) is 36.9 Å². The number of hydrogen-bond acceptors (Lipinski definition) is 2. The minimum Gasteiger partial charge on any atom is -0.392 e. The first-order chi connectivity index (χ1) is 8.72. The Balaban J connectivity index is 2.72. The molecule has 0 spiro atoms. The Morgan fingerprint density at radius 3 is 2.39 bits per heavy atom. The predicted octanol–water partition coefficient (Wildman–Crippen LogP) is 3.33.